The van der Waals surface area contributed by atoms with E-state index in [-0.39, 0.29) is 5.78 Å². The molecule has 2 N–H and O–H groups in total. The van der Waals surface area contributed by atoms with E-state index in [0.29, 0.717) is 0 Å². The predicted molar refractivity (Wildman–Crippen MR) is 39.2 cm³/mol. The molecule has 1 fully saturated rings. The van der Waals surface area contributed by atoms with Crippen LogP contribution in [0.3, 0.4) is 0 Å². The molecule has 2 heteroatoms. The molecule has 1 aliphatic carbocycles. The highest BCUT2D eigenvalue weighted by atomic mass is 16.1. The van der Waals surface area contributed by atoms with Gasteiger partial charge in [-0.3, -0.25) is 4.79 Å². The van der Waals surface area contributed by atoms with Crippen molar-refractivity contribution < 1.29 is 4.79 Å². The third-order valence-corrected chi connectivity index (χ3v) is 2.08. The van der Waals surface area contributed by atoms with E-state index in [9.17, 15) is 4.79 Å². The van der Waals surface area contributed by atoms with Crippen molar-refractivity contribution in [3.8, 4) is 12.3 Å². The Morgan fingerprint density at radius 1 is 1.50 bits per heavy atom. The van der Waals surface area contributed by atoms with Crippen LogP contribution in [0.1, 0.15) is 25.7 Å². The minimum Gasteiger partial charge on any atom is -0.318 e. The lowest BCUT2D eigenvalue weighted by atomic mass is 9.94. The first-order chi connectivity index (χ1) is 4.69. The minimum atomic E-state index is -0.672. The van der Waals surface area contributed by atoms with Gasteiger partial charge in [0.15, 0.2) is 0 Å². The van der Waals surface area contributed by atoms with Crippen LogP contribution >= 0.6 is 0 Å². The van der Waals surface area contributed by atoms with Gasteiger partial charge in [-0.25, -0.2) is 0 Å². The van der Waals surface area contributed by atoms with Gasteiger partial charge >= 0.3 is 0 Å². The van der Waals surface area contributed by atoms with E-state index in [4.69, 9.17) is 12.2 Å². The number of carbonyl (C=O) groups is 1. The van der Waals surface area contributed by atoms with Crippen molar-refractivity contribution >= 4 is 5.78 Å². The Labute approximate surface area is 60.8 Å². The molecule has 0 radical (unpaired) electrons. The zero-order valence-electron chi connectivity index (χ0n) is 5.89. The van der Waals surface area contributed by atoms with Crippen LogP contribution in [0.5, 0.6) is 0 Å². The fourth-order valence-corrected chi connectivity index (χ4v) is 1.38. The predicted octanol–water partition coefficient (Wildman–Crippen LogP) is 0.460. The summed E-state index contributed by atoms with van der Waals surface area (Å²) in [6.45, 7) is 0. The first-order valence-electron chi connectivity index (χ1n) is 3.49. The topological polar surface area (TPSA) is 43.1 Å². The van der Waals surface area contributed by atoms with Gasteiger partial charge in [-0.15, -0.1) is 6.42 Å². The summed E-state index contributed by atoms with van der Waals surface area (Å²) in [5.41, 5.74) is 5.05. The lowest BCUT2D eigenvalue weighted by molar-refractivity contribution is -0.118. The largest absolute Gasteiger partial charge is 0.318 e. The molecule has 0 unspecified atom stereocenters. The summed E-state index contributed by atoms with van der Waals surface area (Å²) in [6.07, 6.45) is 8.54. The van der Waals surface area contributed by atoms with Crippen molar-refractivity contribution in [1.82, 2.24) is 0 Å². The minimum absolute atomic E-state index is 0.231. The maximum Gasteiger partial charge on any atom is 0.224 e. The van der Waals surface area contributed by atoms with Crippen LogP contribution in [0.4, 0.5) is 0 Å². The molecule has 2 nitrogen and oxygen atoms in total. The lowest BCUT2D eigenvalue weighted by Crippen LogP contribution is -2.44. The quantitative estimate of drug-likeness (QED) is 0.421. The molecule has 0 atom stereocenters. The monoisotopic (exact) mass is 137 g/mol. The first-order valence-corrected chi connectivity index (χ1v) is 3.49. The van der Waals surface area contributed by atoms with Crippen molar-refractivity contribution in [3.05, 3.63) is 0 Å². The summed E-state index contributed by atoms with van der Waals surface area (Å²) in [6, 6.07) is 0. The molecule has 10 heavy (non-hydrogen) atoms. The van der Waals surface area contributed by atoms with Crippen LogP contribution in [-0.2, 0) is 4.79 Å². The van der Waals surface area contributed by atoms with Gasteiger partial charge in [0, 0.05) is 0 Å². The molecular formula is C8H11NO. The van der Waals surface area contributed by atoms with Gasteiger partial charge in [0.1, 0.15) is 0 Å². The summed E-state index contributed by atoms with van der Waals surface area (Å²) in [7, 11) is 0. The maximum atomic E-state index is 11.0. The Morgan fingerprint density at radius 3 is 2.40 bits per heavy atom. The number of hydrogen-bond acceptors (Lipinski definition) is 2. The van der Waals surface area contributed by atoms with Crippen molar-refractivity contribution in [3.63, 3.8) is 0 Å². The Bertz CT molecular complexity index is 184. The van der Waals surface area contributed by atoms with Crippen LogP contribution in [0.25, 0.3) is 0 Å². The number of hydrogen-bond donors (Lipinski definition) is 1. The third-order valence-electron chi connectivity index (χ3n) is 2.08. The molecule has 0 heterocycles. The number of carbonyl (C=O) groups excluding carboxylic acids is 1. The molecular weight excluding hydrogens is 126 g/mol. The second kappa shape index (κ2) is 2.43. The van der Waals surface area contributed by atoms with E-state index in [1.807, 2.05) is 0 Å². The van der Waals surface area contributed by atoms with Gasteiger partial charge in [-0.05, 0) is 18.8 Å². The Morgan fingerprint density at radius 2 is 2.00 bits per heavy atom. The molecule has 1 aliphatic rings. The second-order valence-electron chi connectivity index (χ2n) is 2.84. The van der Waals surface area contributed by atoms with E-state index < -0.39 is 5.54 Å². The maximum absolute atomic E-state index is 11.0. The first kappa shape index (κ1) is 7.30. The lowest BCUT2D eigenvalue weighted by Gasteiger charge is -2.17. The van der Waals surface area contributed by atoms with Crippen LogP contribution in [-0.4, -0.2) is 11.3 Å². The van der Waals surface area contributed by atoms with E-state index in [1.165, 1.54) is 0 Å². The fraction of sp³-hybridized carbons (Fsp3) is 0.625. The zero-order chi connectivity index (χ0) is 7.61. The Kier molecular flexibility index (Phi) is 1.78. The highest BCUT2D eigenvalue weighted by Gasteiger charge is 2.35. The van der Waals surface area contributed by atoms with Crippen molar-refractivity contribution in [2.24, 2.45) is 5.73 Å². The van der Waals surface area contributed by atoms with Gasteiger partial charge < -0.3 is 5.73 Å². The average molecular weight is 137 g/mol. The Balaban J connectivity index is 2.69. The van der Waals surface area contributed by atoms with Gasteiger partial charge in [-0.1, -0.05) is 12.8 Å². The van der Waals surface area contributed by atoms with E-state index in [2.05, 4.69) is 5.92 Å². The summed E-state index contributed by atoms with van der Waals surface area (Å²) in [4.78, 5) is 11.0. The molecule has 0 saturated heterocycles. The molecule has 0 amide bonds. The molecule has 0 spiro atoms. The molecule has 0 bridgehead atoms. The van der Waals surface area contributed by atoms with E-state index in [0.717, 1.165) is 25.7 Å². The number of nitrogens with two attached hydrogens (primary N) is 1. The highest BCUT2D eigenvalue weighted by molar-refractivity contribution is 6.02. The van der Waals surface area contributed by atoms with E-state index >= 15 is 0 Å². The van der Waals surface area contributed by atoms with Gasteiger partial charge in [-0.2, -0.15) is 0 Å². The smallest absolute Gasteiger partial charge is 0.224 e. The van der Waals surface area contributed by atoms with Gasteiger partial charge in [0.25, 0.3) is 0 Å². The second-order valence-corrected chi connectivity index (χ2v) is 2.84. The van der Waals surface area contributed by atoms with Crippen LogP contribution in [0, 0.1) is 12.3 Å². The summed E-state index contributed by atoms with van der Waals surface area (Å²) in [5, 5.41) is 0. The van der Waals surface area contributed by atoms with Crippen LogP contribution in [0.2, 0.25) is 0 Å². The molecule has 0 aromatic heterocycles. The average Bonchev–Trinajstić information content (AvgIpc) is 2.36. The fourth-order valence-electron chi connectivity index (χ4n) is 1.38. The van der Waals surface area contributed by atoms with E-state index in [1.54, 1.807) is 0 Å². The van der Waals surface area contributed by atoms with Crippen molar-refractivity contribution in [1.29, 1.82) is 0 Å². The number of ketones is 1. The number of Topliss-reactive ketones (excluding diaryl/α,β-unsaturated/α-hetero) is 1. The SMILES string of the molecule is C#CC(=O)C1(N)CCCC1. The normalized spacial score (nSPS) is 22.0. The molecule has 0 aliphatic heterocycles. The standard InChI is InChI=1S/C8H11NO/c1-2-7(10)8(9)5-3-4-6-8/h1H,3-6,9H2. The molecule has 0 aromatic rings. The third kappa shape index (κ3) is 1.05. The van der Waals surface area contributed by atoms with Gasteiger partial charge in [0.05, 0.1) is 5.54 Å². The van der Waals surface area contributed by atoms with Gasteiger partial charge in [0.2, 0.25) is 5.78 Å². The molecule has 1 saturated carbocycles. The zero-order valence-corrected chi connectivity index (χ0v) is 5.89. The number of rotatable bonds is 1. The molecule has 54 valence electrons. The molecule has 0 aromatic carbocycles. The summed E-state index contributed by atoms with van der Waals surface area (Å²) < 4.78 is 0. The van der Waals surface area contributed by atoms with Crippen LogP contribution < -0.4 is 5.73 Å². The highest BCUT2D eigenvalue weighted by Crippen LogP contribution is 2.27. The number of terminal acetylenes is 1. The van der Waals surface area contributed by atoms with Crippen molar-refractivity contribution in [2.75, 3.05) is 0 Å². The van der Waals surface area contributed by atoms with Crippen molar-refractivity contribution in [2.45, 2.75) is 31.2 Å². The van der Waals surface area contributed by atoms with Crippen LogP contribution in [0.15, 0.2) is 0 Å². The molecule has 1 rings (SSSR count). The Hall–Kier alpha value is -0.810. The summed E-state index contributed by atoms with van der Waals surface area (Å²) >= 11 is 0. The summed E-state index contributed by atoms with van der Waals surface area (Å²) in [5.74, 6) is 1.85.